The lowest BCUT2D eigenvalue weighted by Crippen LogP contribution is -2.47. The first-order chi connectivity index (χ1) is 13.7. The zero-order valence-electron chi connectivity index (χ0n) is 15.9. The van der Waals surface area contributed by atoms with Gasteiger partial charge >= 0.3 is 0 Å². The van der Waals surface area contributed by atoms with Gasteiger partial charge in [-0.05, 0) is 36.6 Å². The van der Waals surface area contributed by atoms with Gasteiger partial charge in [0.2, 0.25) is 5.91 Å². The molecule has 28 heavy (non-hydrogen) atoms. The van der Waals surface area contributed by atoms with Crippen LogP contribution in [0.1, 0.15) is 18.4 Å². The SMILES string of the molecule is COc1ccccc1OCCC(=O)NNC(=O)CN1CCCc2ccccc21. The van der Waals surface area contributed by atoms with Gasteiger partial charge in [0.1, 0.15) is 0 Å². The van der Waals surface area contributed by atoms with Crippen molar-refractivity contribution in [2.24, 2.45) is 0 Å². The summed E-state index contributed by atoms with van der Waals surface area (Å²) in [6, 6.07) is 15.3. The van der Waals surface area contributed by atoms with Gasteiger partial charge in [-0.1, -0.05) is 30.3 Å². The Hall–Kier alpha value is -3.22. The zero-order valence-corrected chi connectivity index (χ0v) is 15.9. The highest BCUT2D eigenvalue weighted by atomic mass is 16.5. The van der Waals surface area contributed by atoms with Gasteiger partial charge in [0.15, 0.2) is 11.5 Å². The Kier molecular flexibility index (Phi) is 6.73. The van der Waals surface area contributed by atoms with E-state index in [1.54, 1.807) is 19.2 Å². The number of hydrogen-bond acceptors (Lipinski definition) is 5. The number of nitrogens with zero attached hydrogens (tertiary/aromatic N) is 1. The fourth-order valence-electron chi connectivity index (χ4n) is 3.18. The normalized spacial score (nSPS) is 12.7. The molecule has 7 nitrogen and oxygen atoms in total. The van der Waals surface area contributed by atoms with E-state index < -0.39 is 0 Å². The Morgan fingerprint density at radius 3 is 2.54 bits per heavy atom. The van der Waals surface area contributed by atoms with E-state index in [0.29, 0.717) is 11.5 Å². The third-order valence-corrected chi connectivity index (χ3v) is 4.54. The predicted octanol–water partition coefficient (Wildman–Crippen LogP) is 2.06. The number of rotatable bonds is 7. The molecule has 1 aliphatic rings. The number of anilines is 1. The maximum Gasteiger partial charge on any atom is 0.257 e. The van der Waals surface area contributed by atoms with E-state index >= 15 is 0 Å². The molecular weight excluding hydrogens is 358 g/mol. The van der Waals surface area contributed by atoms with Crippen molar-refractivity contribution in [2.75, 3.05) is 31.7 Å². The molecule has 0 fully saturated rings. The number of carbonyl (C=O) groups is 2. The van der Waals surface area contributed by atoms with Gasteiger partial charge in [0, 0.05) is 12.2 Å². The number of aryl methyl sites for hydroxylation is 1. The van der Waals surface area contributed by atoms with Crippen LogP contribution in [0.3, 0.4) is 0 Å². The van der Waals surface area contributed by atoms with Crippen molar-refractivity contribution < 1.29 is 19.1 Å². The van der Waals surface area contributed by atoms with E-state index in [4.69, 9.17) is 9.47 Å². The van der Waals surface area contributed by atoms with Crippen molar-refractivity contribution in [3.63, 3.8) is 0 Å². The van der Waals surface area contributed by atoms with Gasteiger partial charge in [0.05, 0.1) is 26.7 Å². The molecule has 7 heteroatoms. The molecule has 2 aromatic rings. The van der Waals surface area contributed by atoms with Crippen LogP contribution in [0.25, 0.3) is 0 Å². The molecule has 0 aliphatic carbocycles. The molecule has 0 unspecified atom stereocenters. The first kappa shape index (κ1) is 19.5. The Morgan fingerprint density at radius 2 is 1.71 bits per heavy atom. The van der Waals surface area contributed by atoms with Crippen LogP contribution in [0.15, 0.2) is 48.5 Å². The van der Waals surface area contributed by atoms with Crippen molar-refractivity contribution in [3.8, 4) is 11.5 Å². The molecule has 3 rings (SSSR count). The Balaban J connectivity index is 1.39. The topological polar surface area (TPSA) is 79.9 Å². The highest BCUT2D eigenvalue weighted by Crippen LogP contribution is 2.26. The largest absolute Gasteiger partial charge is 0.493 e. The molecule has 0 saturated carbocycles. The van der Waals surface area contributed by atoms with Gasteiger partial charge < -0.3 is 14.4 Å². The summed E-state index contributed by atoms with van der Waals surface area (Å²) in [4.78, 5) is 26.2. The van der Waals surface area contributed by atoms with Crippen molar-refractivity contribution in [2.45, 2.75) is 19.3 Å². The second-order valence-corrected chi connectivity index (χ2v) is 6.50. The number of carbonyl (C=O) groups excluding carboxylic acids is 2. The number of fused-ring (bicyclic) bond motifs is 1. The van der Waals surface area contributed by atoms with Crippen LogP contribution < -0.4 is 25.2 Å². The molecule has 148 valence electrons. The predicted molar refractivity (Wildman–Crippen MR) is 106 cm³/mol. The van der Waals surface area contributed by atoms with Crippen LogP contribution in [0.4, 0.5) is 5.69 Å². The van der Waals surface area contributed by atoms with Gasteiger partial charge in [-0.2, -0.15) is 0 Å². The monoisotopic (exact) mass is 383 g/mol. The first-order valence-electron chi connectivity index (χ1n) is 9.33. The van der Waals surface area contributed by atoms with Crippen molar-refractivity contribution >= 4 is 17.5 Å². The summed E-state index contributed by atoms with van der Waals surface area (Å²) < 4.78 is 10.8. The van der Waals surface area contributed by atoms with E-state index in [1.807, 2.05) is 35.2 Å². The van der Waals surface area contributed by atoms with E-state index in [-0.39, 0.29) is 31.4 Å². The summed E-state index contributed by atoms with van der Waals surface area (Å²) in [6.45, 7) is 1.21. The molecule has 2 N–H and O–H groups in total. The third kappa shape index (κ3) is 5.16. The number of nitrogens with one attached hydrogen (secondary N) is 2. The fraction of sp³-hybridized carbons (Fsp3) is 0.333. The van der Waals surface area contributed by atoms with E-state index in [9.17, 15) is 9.59 Å². The van der Waals surface area contributed by atoms with Crippen LogP contribution in [0.2, 0.25) is 0 Å². The number of hydrogen-bond donors (Lipinski definition) is 2. The molecule has 0 bridgehead atoms. The number of hydrazine groups is 1. The van der Waals surface area contributed by atoms with Crippen LogP contribution in [0, 0.1) is 0 Å². The molecular formula is C21H25N3O4. The van der Waals surface area contributed by atoms with E-state index in [0.717, 1.165) is 25.1 Å². The molecule has 1 heterocycles. The van der Waals surface area contributed by atoms with Crippen molar-refractivity contribution in [1.82, 2.24) is 10.9 Å². The highest BCUT2D eigenvalue weighted by molar-refractivity contribution is 5.85. The smallest absolute Gasteiger partial charge is 0.257 e. The summed E-state index contributed by atoms with van der Waals surface area (Å²) >= 11 is 0. The summed E-state index contributed by atoms with van der Waals surface area (Å²) in [5.74, 6) is 0.613. The highest BCUT2D eigenvalue weighted by Gasteiger charge is 2.18. The summed E-state index contributed by atoms with van der Waals surface area (Å²) in [6.07, 6.45) is 2.15. The second kappa shape index (κ2) is 9.64. The molecule has 0 aromatic heterocycles. The zero-order chi connectivity index (χ0) is 19.8. The molecule has 0 atom stereocenters. The summed E-state index contributed by atoms with van der Waals surface area (Å²) in [7, 11) is 1.56. The lowest BCUT2D eigenvalue weighted by Gasteiger charge is -2.30. The summed E-state index contributed by atoms with van der Waals surface area (Å²) in [5, 5.41) is 0. The second-order valence-electron chi connectivity index (χ2n) is 6.50. The minimum absolute atomic E-state index is 0.116. The van der Waals surface area contributed by atoms with Gasteiger partial charge in [-0.3, -0.25) is 20.4 Å². The quantitative estimate of drug-likeness (QED) is 0.716. The third-order valence-electron chi connectivity index (χ3n) is 4.54. The first-order valence-corrected chi connectivity index (χ1v) is 9.33. The number of methoxy groups -OCH3 is 1. The van der Waals surface area contributed by atoms with E-state index in [2.05, 4.69) is 16.9 Å². The molecule has 1 aliphatic heterocycles. The van der Waals surface area contributed by atoms with Crippen LogP contribution in [0.5, 0.6) is 11.5 Å². The van der Waals surface area contributed by atoms with Crippen LogP contribution >= 0.6 is 0 Å². The van der Waals surface area contributed by atoms with Gasteiger partial charge in [-0.25, -0.2) is 0 Å². The number of para-hydroxylation sites is 3. The fourth-order valence-corrected chi connectivity index (χ4v) is 3.18. The Labute approximate surface area is 164 Å². The van der Waals surface area contributed by atoms with Crippen molar-refractivity contribution in [1.29, 1.82) is 0 Å². The average molecular weight is 383 g/mol. The molecule has 0 saturated heterocycles. The average Bonchev–Trinajstić information content (AvgIpc) is 2.73. The standard InChI is InChI=1S/C21H25N3O4/c1-27-18-10-4-5-11-19(18)28-14-12-20(25)22-23-21(26)15-24-13-6-8-16-7-2-3-9-17(16)24/h2-5,7,9-11H,6,8,12-15H2,1H3,(H,22,25)(H,23,26). The van der Waals surface area contributed by atoms with Crippen LogP contribution in [-0.2, 0) is 16.0 Å². The van der Waals surface area contributed by atoms with Gasteiger partial charge in [-0.15, -0.1) is 0 Å². The maximum atomic E-state index is 12.2. The summed E-state index contributed by atoms with van der Waals surface area (Å²) in [5.41, 5.74) is 7.24. The maximum absolute atomic E-state index is 12.2. The molecule has 2 aromatic carbocycles. The number of ether oxygens (including phenoxy) is 2. The van der Waals surface area contributed by atoms with Crippen LogP contribution in [-0.4, -0.2) is 38.6 Å². The molecule has 2 amide bonds. The Morgan fingerprint density at radius 1 is 1.00 bits per heavy atom. The number of amides is 2. The lowest BCUT2D eigenvalue weighted by molar-refractivity contribution is -0.128. The Bertz CT molecular complexity index is 825. The molecule has 0 radical (unpaired) electrons. The number of benzene rings is 2. The van der Waals surface area contributed by atoms with E-state index in [1.165, 1.54) is 5.56 Å². The minimum atomic E-state index is -0.317. The van der Waals surface area contributed by atoms with Crippen molar-refractivity contribution in [3.05, 3.63) is 54.1 Å². The lowest BCUT2D eigenvalue weighted by atomic mass is 10.0. The van der Waals surface area contributed by atoms with Gasteiger partial charge in [0.25, 0.3) is 5.91 Å². The molecule has 0 spiro atoms. The minimum Gasteiger partial charge on any atom is -0.493 e.